The number of ether oxygens (including phenoxy) is 1. The first-order chi connectivity index (χ1) is 5.15. The Balaban J connectivity index is 3.21. The third-order valence-corrected chi connectivity index (χ3v) is 4.06. The summed E-state index contributed by atoms with van der Waals surface area (Å²) < 4.78 is 7.44. The number of methoxy groups -OCH3 is 1. The van der Waals surface area contributed by atoms with E-state index in [0.717, 1.165) is 10.2 Å². The minimum absolute atomic E-state index is 0.912. The van der Waals surface area contributed by atoms with E-state index >= 15 is 0 Å². The first kappa shape index (κ1) is 9.32. The molecule has 0 spiro atoms. The van der Waals surface area contributed by atoms with E-state index in [1.54, 1.807) is 7.11 Å². The lowest BCUT2D eigenvalue weighted by atomic mass is 10.2. The van der Waals surface area contributed by atoms with E-state index in [4.69, 9.17) is 4.74 Å². The molecule has 0 atom stereocenters. The van der Waals surface area contributed by atoms with Crippen LogP contribution in [0.4, 0.5) is 0 Å². The van der Waals surface area contributed by atoms with Crippen molar-refractivity contribution in [1.82, 2.24) is 0 Å². The van der Waals surface area contributed by atoms with Crippen LogP contribution >= 0.6 is 38.5 Å². The fourth-order valence-electron chi connectivity index (χ4n) is 0.813. The van der Waals surface area contributed by atoms with Gasteiger partial charge in [0.25, 0.3) is 0 Å². The molecular weight excluding hydrogens is 319 g/mol. The zero-order valence-corrected chi connectivity index (χ0v) is 10.1. The first-order valence-electron chi connectivity index (χ1n) is 3.15. The van der Waals surface area contributed by atoms with Gasteiger partial charge in [0.05, 0.1) is 7.11 Å². The third-order valence-electron chi connectivity index (χ3n) is 1.42. The number of halogens is 2. The molecule has 0 heterocycles. The number of rotatable bonds is 1. The van der Waals surface area contributed by atoms with Crippen LogP contribution in [-0.2, 0) is 0 Å². The lowest BCUT2D eigenvalue weighted by Gasteiger charge is -2.04. The van der Waals surface area contributed by atoms with E-state index in [1.165, 1.54) is 9.13 Å². The van der Waals surface area contributed by atoms with E-state index in [9.17, 15) is 0 Å². The Labute approximate surface area is 88.4 Å². The van der Waals surface area contributed by atoms with Crippen molar-refractivity contribution >= 4 is 38.5 Å². The number of benzene rings is 1. The zero-order valence-electron chi connectivity index (χ0n) is 6.32. The van der Waals surface area contributed by atoms with Crippen LogP contribution in [0.15, 0.2) is 16.6 Å². The first-order valence-corrected chi connectivity index (χ1v) is 5.02. The van der Waals surface area contributed by atoms with Crippen LogP contribution in [-0.4, -0.2) is 7.11 Å². The van der Waals surface area contributed by atoms with Crippen molar-refractivity contribution in [1.29, 1.82) is 0 Å². The fourth-order valence-corrected chi connectivity index (χ4v) is 1.77. The zero-order chi connectivity index (χ0) is 8.43. The average molecular weight is 327 g/mol. The minimum Gasteiger partial charge on any atom is -0.497 e. The summed E-state index contributed by atoms with van der Waals surface area (Å²) in [6, 6.07) is 4.00. The summed E-state index contributed by atoms with van der Waals surface area (Å²) in [5, 5.41) is 0. The second-order valence-corrected chi connectivity index (χ2v) is 4.20. The summed E-state index contributed by atoms with van der Waals surface area (Å²) in [5.41, 5.74) is 1.20. The largest absolute Gasteiger partial charge is 0.497 e. The monoisotopic (exact) mass is 326 g/mol. The molecule has 1 aromatic carbocycles. The van der Waals surface area contributed by atoms with Crippen LogP contribution in [0.3, 0.4) is 0 Å². The van der Waals surface area contributed by atoms with Crippen molar-refractivity contribution in [3.63, 3.8) is 0 Å². The van der Waals surface area contributed by atoms with Crippen LogP contribution in [0, 0.1) is 10.5 Å². The van der Waals surface area contributed by atoms with Crippen molar-refractivity contribution in [3.05, 3.63) is 25.7 Å². The molecule has 1 nitrogen and oxygen atoms in total. The molecule has 0 aromatic heterocycles. The van der Waals surface area contributed by atoms with Gasteiger partial charge < -0.3 is 4.74 Å². The van der Waals surface area contributed by atoms with Gasteiger partial charge in [-0.15, -0.1) is 0 Å². The average Bonchev–Trinajstić information content (AvgIpc) is 1.99. The Morgan fingerprint density at radius 1 is 1.45 bits per heavy atom. The molecule has 3 heteroatoms. The smallest absolute Gasteiger partial charge is 0.120 e. The number of aryl methyl sites for hydroxylation is 1. The Morgan fingerprint density at radius 2 is 2.09 bits per heavy atom. The maximum atomic E-state index is 5.11. The topological polar surface area (TPSA) is 9.23 Å². The highest BCUT2D eigenvalue weighted by molar-refractivity contribution is 14.1. The van der Waals surface area contributed by atoms with Gasteiger partial charge >= 0.3 is 0 Å². The highest BCUT2D eigenvalue weighted by Gasteiger charge is 2.02. The van der Waals surface area contributed by atoms with Crippen molar-refractivity contribution in [2.24, 2.45) is 0 Å². The lowest BCUT2D eigenvalue weighted by Crippen LogP contribution is -1.87. The highest BCUT2D eigenvalue weighted by atomic mass is 127. The van der Waals surface area contributed by atoms with E-state index in [-0.39, 0.29) is 0 Å². The molecule has 0 amide bonds. The molecule has 0 N–H and O–H groups in total. The highest BCUT2D eigenvalue weighted by Crippen LogP contribution is 2.27. The van der Waals surface area contributed by atoms with Gasteiger partial charge in [0.15, 0.2) is 0 Å². The Kier molecular flexibility index (Phi) is 3.18. The molecule has 0 radical (unpaired) electrons. The molecule has 0 aliphatic carbocycles. The van der Waals surface area contributed by atoms with Crippen LogP contribution in [0.1, 0.15) is 5.56 Å². The van der Waals surface area contributed by atoms with Gasteiger partial charge in [-0.2, -0.15) is 0 Å². The van der Waals surface area contributed by atoms with Gasteiger partial charge in [-0.1, -0.05) is 0 Å². The van der Waals surface area contributed by atoms with E-state index in [1.807, 2.05) is 12.1 Å². The Hall–Kier alpha value is 0.230. The second-order valence-electron chi connectivity index (χ2n) is 2.24. The van der Waals surface area contributed by atoms with Crippen molar-refractivity contribution in [2.75, 3.05) is 7.11 Å². The van der Waals surface area contributed by atoms with E-state index < -0.39 is 0 Å². The van der Waals surface area contributed by atoms with Gasteiger partial charge in [0, 0.05) is 8.04 Å². The van der Waals surface area contributed by atoms with E-state index in [2.05, 4.69) is 45.4 Å². The minimum atomic E-state index is 0.912. The van der Waals surface area contributed by atoms with Crippen LogP contribution in [0.2, 0.25) is 0 Å². The van der Waals surface area contributed by atoms with E-state index in [0.29, 0.717) is 0 Å². The number of hydrogen-bond donors (Lipinski definition) is 0. The molecule has 0 aliphatic rings. The van der Waals surface area contributed by atoms with Crippen molar-refractivity contribution in [3.8, 4) is 5.75 Å². The van der Waals surface area contributed by atoms with Crippen LogP contribution in [0.25, 0.3) is 0 Å². The molecule has 11 heavy (non-hydrogen) atoms. The van der Waals surface area contributed by atoms with Crippen molar-refractivity contribution < 1.29 is 4.74 Å². The molecular formula is C8H8BrIO. The summed E-state index contributed by atoms with van der Waals surface area (Å²) in [7, 11) is 1.68. The standard InChI is InChI=1S/C8H8BrIO/c1-5-3-6(11-2)4-7(10)8(5)9/h3-4H,1-2H3. The Morgan fingerprint density at radius 3 is 2.55 bits per heavy atom. The number of hydrogen-bond acceptors (Lipinski definition) is 1. The maximum absolute atomic E-state index is 5.11. The molecule has 0 saturated carbocycles. The van der Waals surface area contributed by atoms with Crippen molar-refractivity contribution in [2.45, 2.75) is 6.92 Å². The van der Waals surface area contributed by atoms with Crippen LogP contribution < -0.4 is 4.74 Å². The fraction of sp³-hybridized carbons (Fsp3) is 0.250. The maximum Gasteiger partial charge on any atom is 0.120 e. The normalized spacial score (nSPS) is 9.82. The van der Waals surface area contributed by atoms with Gasteiger partial charge in [-0.05, 0) is 63.1 Å². The second kappa shape index (κ2) is 3.76. The molecule has 1 rings (SSSR count). The van der Waals surface area contributed by atoms with Gasteiger partial charge in [-0.25, -0.2) is 0 Å². The SMILES string of the molecule is COc1cc(C)c(Br)c(I)c1. The molecule has 0 unspecified atom stereocenters. The molecule has 0 saturated heterocycles. The predicted molar refractivity (Wildman–Crippen MR) is 58.1 cm³/mol. The summed E-state index contributed by atoms with van der Waals surface area (Å²) in [6.07, 6.45) is 0. The van der Waals surface area contributed by atoms with Gasteiger partial charge in [0.1, 0.15) is 5.75 Å². The van der Waals surface area contributed by atoms with Gasteiger partial charge in [0.2, 0.25) is 0 Å². The lowest BCUT2D eigenvalue weighted by molar-refractivity contribution is 0.414. The molecule has 60 valence electrons. The summed E-state index contributed by atoms with van der Waals surface area (Å²) >= 11 is 5.75. The molecule has 1 aromatic rings. The molecule has 0 aliphatic heterocycles. The van der Waals surface area contributed by atoms with Gasteiger partial charge in [-0.3, -0.25) is 0 Å². The summed E-state index contributed by atoms with van der Waals surface area (Å²) in [4.78, 5) is 0. The Bertz CT molecular complexity index is 250. The molecule has 0 fully saturated rings. The summed E-state index contributed by atoms with van der Waals surface area (Å²) in [6.45, 7) is 2.05. The third kappa shape index (κ3) is 2.08. The molecule has 0 bridgehead atoms. The predicted octanol–water partition coefficient (Wildman–Crippen LogP) is 3.37. The summed E-state index contributed by atoms with van der Waals surface area (Å²) in [5.74, 6) is 0.912. The quantitative estimate of drug-likeness (QED) is 0.719. The van der Waals surface area contributed by atoms with Crippen LogP contribution in [0.5, 0.6) is 5.75 Å².